The van der Waals surface area contributed by atoms with Gasteiger partial charge < -0.3 is 20.4 Å². The lowest BCUT2D eigenvalue weighted by atomic mass is 10.1. The van der Waals surface area contributed by atoms with Crippen LogP contribution in [0, 0.1) is 5.92 Å². The molecule has 11 heteroatoms. The molecule has 1 unspecified atom stereocenters. The first-order valence-electron chi connectivity index (χ1n) is 12.1. The maximum absolute atomic E-state index is 13.5. The van der Waals surface area contributed by atoms with Crippen LogP contribution < -0.4 is 15.8 Å². The predicted octanol–water partition coefficient (Wildman–Crippen LogP) is 2.67. The smallest absolute Gasteiger partial charge is 0.286 e. The Morgan fingerprint density at radius 3 is 2.81 bits per heavy atom. The highest BCUT2D eigenvalue weighted by Gasteiger charge is 2.31. The van der Waals surface area contributed by atoms with E-state index in [9.17, 15) is 23.4 Å². The second kappa shape index (κ2) is 9.21. The molecular formula is C25H29N5O5S. The fourth-order valence-electron chi connectivity index (χ4n) is 4.71. The van der Waals surface area contributed by atoms with Gasteiger partial charge in [-0.1, -0.05) is 13.8 Å². The molecule has 3 aromatic rings. The van der Waals surface area contributed by atoms with Crippen molar-refractivity contribution >= 4 is 38.3 Å². The molecular weight excluding hydrogens is 482 g/mol. The molecule has 0 aliphatic carbocycles. The third-order valence-electron chi connectivity index (χ3n) is 6.63. The maximum Gasteiger partial charge on any atom is 0.286 e. The number of anilines is 2. The summed E-state index contributed by atoms with van der Waals surface area (Å²) in [5.74, 6) is -0.275. The van der Waals surface area contributed by atoms with Gasteiger partial charge in [-0.2, -0.15) is 8.42 Å². The van der Waals surface area contributed by atoms with Crippen LogP contribution in [0.1, 0.15) is 38.7 Å². The number of aromatic nitrogens is 2. The number of aliphatic hydroxyl groups excluding tert-OH is 1. The van der Waals surface area contributed by atoms with Crippen molar-refractivity contribution in [3.8, 4) is 5.75 Å². The summed E-state index contributed by atoms with van der Waals surface area (Å²) in [7, 11) is -4.18. The van der Waals surface area contributed by atoms with E-state index >= 15 is 0 Å². The Morgan fingerprint density at radius 2 is 2.06 bits per heavy atom. The summed E-state index contributed by atoms with van der Waals surface area (Å²) in [4.78, 5) is 19.8. The molecule has 4 heterocycles. The number of rotatable bonds is 5. The Kier molecular flexibility index (Phi) is 6.21. The van der Waals surface area contributed by atoms with Crippen LogP contribution in [0.4, 0.5) is 11.4 Å². The normalized spacial score (nSPS) is 19.2. The summed E-state index contributed by atoms with van der Waals surface area (Å²) in [6, 6.07) is 8.20. The SMILES string of the molecule is CC(C)CCn1c(=O)c(C2=NS(=O)(=O)c3cc(N4CCCC(O)C4)ccc3N2)c(O)c2cccnc21. The van der Waals surface area contributed by atoms with Crippen LogP contribution >= 0.6 is 0 Å². The molecule has 190 valence electrons. The van der Waals surface area contributed by atoms with E-state index in [0.29, 0.717) is 55.1 Å². The van der Waals surface area contributed by atoms with Crippen molar-refractivity contribution in [2.45, 2.75) is 50.7 Å². The van der Waals surface area contributed by atoms with Crippen LogP contribution in [0.2, 0.25) is 0 Å². The van der Waals surface area contributed by atoms with Crippen molar-refractivity contribution in [2.75, 3.05) is 23.3 Å². The highest BCUT2D eigenvalue weighted by atomic mass is 32.2. The highest BCUT2D eigenvalue weighted by Crippen LogP contribution is 2.35. The molecule has 0 spiro atoms. The number of aliphatic hydroxyl groups is 1. The lowest BCUT2D eigenvalue weighted by molar-refractivity contribution is 0.154. The summed E-state index contributed by atoms with van der Waals surface area (Å²) in [5, 5.41) is 24.3. The number of amidine groups is 1. The van der Waals surface area contributed by atoms with Gasteiger partial charge in [0.25, 0.3) is 15.6 Å². The van der Waals surface area contributed by atoms with E-state index in [1.807, 2.05) is 18.7 Å². The third kappa shape index (κ3) is 4.33. The number of pyridine rings is 2. The third-order valence-corrected chi connectivity index (χ3v) is 7.95. The number of β-amino-alcohol motifs (C(OH)–C–C–N with tert-alkyl or cyclic N) is 1. The molecule has 0 bridgehead atoms. The first-order valence-corrected chi connectivity index (χ1v) is 13.5. The van der Waals surface area contributed by atoms with E-state index in [4.69, 9.17) is 0 Å². The number of hydrogen-bond donors (Lipinski definition) is 3. The van der Waals surface area contributed by atoms with Gasteiger partial charge in [0.1, 0.15) is 21.9 Å². The number of hydrogen-bond acceptors (Lipinski definition) is 8. The summed E-state index contributed by atoms with van der Waals surface area (Å²) in [6.07, 6.45) is 3.31. The van der Waals surface area contributed by atoms with E-state index in [1.165, 1.54) is 10.6 Å². The molecule has 1 fully saturated rings. The first kappa shape index (κ1) is 24.3. The summed E-state index contributed by atoms with van der Waals surface area (Å²) in [6.45, 7) is 5.58. The topological polar surface area (TPSA) is 137 Å². The van der Waals surface area contributed by atoms with Crippen molar-refractivity contribution < 1.29 is 18.6 Å². The summed E-state index contributed by atoms with van der Waals surface area (Å²) >= 11 is 0. The van der Waals surface area contributed by atoms with E-state index in [-0.39, 0.29) is 27.7 Å². The monoisotopic (exact) mass is 511 g/mol. The van der Waals surface area contributed by atoms with Gasteiger partial charge in [0.15, 0.2) is 5.84 Å². The lowest BCUT2D eigenvalue weighted by Crippen LogP contribution is -2.38. The van der Waals surface area contributed by atoms with Crippen LogP contribution in [-0.4, -0.2) is 53.2 Å². The van der Waals surface area contributed by atoms with Crippen molar-refractivity contribution in [2.24, 2.45) is 10.3 Å². The zero-order valence-electron chi connectivity index (χ0n) is 20.2. The fraction of sp³-hybridized carbons (Fsp3) is 0.400. The van der Waals surface area contributed by atoms with Gasteiger partial charge >= 0.3 is 0 Å². The minimum atomic E-state index is -4.18. The van der Waals surface area contributed by atoms with Gasteiger partial charge in [0, 0.05) is 31.5 Å². The molecule has 10 nitrogen and oxygen atoms in total. The largest absolute Gasteiger partial charge is 0.506 e. The number of benzene rings is 1. The zero-order chi connectivity index (χ0) is 25.6. The number of nitrogens with one attached hydrogen (secondary N) is 1. The average molecular weight is 512 g/mol. The summed E-state index contributed by atoms with van der Waals surface area (Å²) < 4.78 is 31.9. The molecule has 3 N–H and O–H groups in total. The molecule has 1 atom stereocenters. The number of aryl methyl sites for hydroxylation is 1. The molecule has 1 saturated heterocycles. The van der Waals surface area contributed by atoms with Crippen molar-refractivity contribution in [1.29, 1.82) is 0 Å². The van der Waals surface area contributed by atoms with Crippen LogP contribution in [0.15, 0.2) is 50.6 Å². The molecule has 5 rings (SSSR count). The number of nitrogens with zero attached hydrogens (tertiary/aromatic N) is 4. The molecule has 0 radical (unpaired) electrons. The van der Waals surface area contributed by atoms with Gasteiger partial charge in [-0.15, -0.1) is 4.40 Å². The van der Waals surface area contributed by atoms with E-state index in [0.717, 1.165) is 6.42 Å². The summed E-state index contributed by atoms with van der Waals surface area (Å²) in [5.41, 5.74) is 0.490. The Labute approximate surface area is 209 Å². The predicted molar refractivity (Wildman–Crippen MR) is 138 cm³/mol. The minimum absolute atomic E-state index is 0.0223. The second-order valence-corrected chi connectivity index (χ2v) is 11.3. The number of fused-ring (bicyclic) bond motifs is 2. The van der Waals surface area contributed by atoms with Gasteiger partial charge in [-0.05, 0) is 55.5 Å². The number of sulfonamides is 1. The second-order valence-electron chi connectivity index (χ2n) is 9.70. The molecule has 2 aliphatic heterocycles. The Balaban J connectivity index is 1.61. The van der Waals surface area contributed by atoms with Crippen LogP contribution in [-0.2, 0) is 16.6 Å². The molecule has 2 aromatic heterocycles. The van der Waals surface area contributed by atoms with E-state index in [1.54, 1.807) is 30.5 Å². The van der Waals surface area contributed by atoms with Crippen molar-refractivity contribution in [1.82, 2.24) is 9.55 Å². The van der Waals surface area contributed by atoms with Crippen LogP contribution in [0.5, 0.6) is 5.75 Å². The molecule has 0 amide bonds. The van der Waals surface area contributed by atoms with Gasteiger partial charge in [0.2, 0.25) is 0 Å². The lowest BCUT2D eigenvalue weighted by Gasteiger charge is -2.32. The number of aromatic hydroxyl groups is 1. The van der Waals surface area contributed by atoms with Gasteiger partial charge in [-0.25, -0.2) is 4.98 Å². The Morgan fingerprint density at radius 1 is 1.25 bits per heavy atom. The van der Waals surface area contributed by atoms with Crippen LogP contribution in [0.3, 0.4) is 0 Å². The van der Waals surface area contributed by atoms with E-state index in [2.05, 4.69) is 14.7 Å². The molecule has 1 aromatic carbocycles. The highest BCUT2D eigenvalue weighted by molar-refractivity contribution is 7.90. The molecule has 0 saturated carbocycles. The minimum Gasteiger partial charge on any atom is -0.506 e. The average Bonchev–Trinajstić information content (AvgIpc) is 2.83. The first-order chi connectivity index (χ1) is 17.2. The standard InChI is InChI=1S/C25H29N5O5S/c1-15(2)9-12-30-24-18(6-3-10-26-24)22(32)21(25(30)33)23-27-19-8-7-16(13-20(19)36(34,35)28-23)29-11-4-5-17(31)14-29/h3,6-8,10,13,15,17,31-32H,4-5,9,11-12,14H2,1-2H3,(H,27,28). The van der Waals surface area contributed by atoms with Crippen molar-refractivity contribution in [3.63, 3.8) is 0 Å². The molecule has 2 aliphatic rings. The number of piperidine rings is 1. The van der Waals surface area contributed by atoms with Crippen LogP contribution in [0.25, 0.3) is 11.0 Å². The zero-order valence-corrected chi connectivity index (χ0v) is 21.0. The van der Waals surface area contributed by atoms with Crippen molar-refractivity contribution in [3.05, 3.63) is 52.4 Å². The quantitative estimate of drug-likeness (QED) is 0.476. The maximum atomic E-state index is 13.5. The molecule has 36 heavy (non-hydrogen) atoms. The van der Waals surface area contributed by atoms with E-state index < -0.39 is 21.7 Å². The fourth-order valence-corrected chi connectivity index (χ4v) is 5.86. The van der Waals surface area contributed by atoms with Gasteiger partial charge in [0.05, 0.1) is 17.2 Å². The van der Waals surface area contributed by atoms with Gasteiger partial charge in [-0.3, -0.25) is 9.36 Å². The Bertz CT molecular complexity index is 1530. The Hall–Kier alpha value is -3.44.